The maximum absolute atomic E-state index is 12.9. The Hall–Kier alpha value is -1.59. The van der Waals surface area contributed by atoms with Crippen LogP contribution in [0.3, 0.4) is 0 Å². The van der Waals surface area contributed by atoms with Crippen LogP contribution in [0.4, 0.5) is 0 Å². The second-order valence-corrected chi connectivity index (χ2v) is 24.4. The van der Waals surface area contributed by atoms with Crippen molar-refractivity contribution < 1.29 is 28.6 Å². The molecule has 0 radical (unpaired) electrons. The van der Waals surface area contributed by atoms with E-state index in [0.29, 0.717) is 19.3 Å². The molecule has 0 saturated carbocycles. The SMILES string of the molecule is CCCCCCCCCCCCCCCCCCCCCC(=O)O[C@H](COC(=O)CCCCCCCCCCCCCCCCCCC)COC(=O)CCCCCCCCCCCCCCCCCCCCC(C)CC. The molecule has 6 nitrogen and oxygen atoms in total. The number of unbranched alkanes of at least 4 members (excludes halogenated alkanes) is 51. The summed E-state index contributed by atoms with van der Waals surface area (Å²) < 4.78 is 17.0. The van der Waals surface area contributed by atoms with Crippen molar-refractivity contribution >= 4 is 17.9 Å². The average molecular weight is 1070 g/mol. The highest BCUT2D eigenvalue weighted by Crippen LogP contribution is 2.20. The molecule has 0 N–H and O–H groups in total. The molecule has 1 unspecified atom stereocenters. The van der Waals surface area contributed by atoms with Crippen molar-refractivity contribution in [3.8, 4) is 0 Å². The number of hydrogen-bond donors (Lipinski definition) is 0. The first-order chi connectivity index (χ1) is 37.4. The molecule has 0 bridgehead atoms. The summed E-state index contributed by atoms with van der Waals surface area (Å²) in [5.74, 6) is 0.0893. The van der Waals surface area contributed by atoms with Crippen molar-refractivity contribution in [3.63, 3.8) is 0 Å². The predicted octanol–water partition coefficient (Wildman–Crippen LogP) is 23.7. The molecule has 0 aromatic rings. The van der Waals surface area contributed by atoms with Gasteiger partial charge in [-0.1, -0.05) is 368 Å². The molecule has 0 rings (SSSR count). The monoisotopic (exact) mass is 1070 g/mol. The minimum absolute atomic E-state index is 0.0606. The van der Waals surface area contributed by atoms with Crippen LogP contribution in [0.1, 0.15) is 407 Å². The van der Waals surface area contributed by atoms with E-state index in [9.17, 15) is 14.4 Å². The summed E-state index contributed by atoms with van der Waals surface area (Å²) in [6, 6.07) is 0. The highest BCUT2D eigenvalue weighted by atomic mass is 16.6. The number of esters is 3. The van der Waals surface area contributed by atoms with Crippen molar-refractivity contribution in [3.05, 3.63) is 0 Å². The van der Waals surface area contributed by atoms with Crippen molar-refractivity contribution in [2.45, 2.75) is 413 Å². The Kier molecular flexibility index (Phi) is 62.9. The van der Waals surface area contributed by atoms with E-state index in [1.807, 2.05) is 0 Å². The molecule has 0 fully saturated rings. The standard InChI is InChI=1S/C70H136O6/c1-5-8-10-12-14-16-18-20-22-24-25-31-35-39-43-47-51-55-59-63-70(73)76-67(64-74-68(71)61-57-53-49-45-41-37-33-28-23-21-19-17-15-13-11-9-6-2)65-75-69(72)62-58-54-50-46-42-38-34-30-27-26-29-32-36-40-44-48-52-56-60-66(4)7-3/h66-67H,5-65H2,1-4H3/t66?,67-/m1/s1. The van der Waals surface area contributed by atoms with Crippen LogP contribution in [0, 0.1) is 5.92 Å². The van der Waals surface area contributed by atoms with Gasteiger partial charge in [0.2, 0.25) is 0 Å². The third-order valence-corrected chi connectivity index (χ3v) is 16.7. The molecule has 2 atom stereocenters. The first kappa shape index (κ1) is 74.4. The number of carbonyl (C=O) groups excluding carboxylic acids is 3. The highest BCUT2D eigenvalue weighted by molar-refractivity contribution is 5.71. The summed E-state index contributed by atoms with van der Waals surface area (Å²) in [4.78, 5) is 38.4. The summed E-state index contributed by atoms with van der Waals surface area (Å²) in [6.07, 6.45) is 74.0. The Morgan fingerprint density at radius 2 is 0.461 bits per heavy atom. The molecule has 0 heterocycles. The minimum Gasteiger partial charge on any atom is -0.462 e. The van der Waals surface area contributed by atoms with Gasteiger partial charge in [0.15, 0.2) is 6.10 Å². The third kappa shape index (κ3) is 61.6. The first-order valence-electron chi connectivity index (χ1n) is 34.9. The molecule has 0 aromatic carbocycles. The maximum Gasteiger partial charge on any atom is 0.306 e. The van der Waals surface area contributed by atoms with Gasteiger partial charge in [0.25, 0.3) is 0 Å². The van der Waals surface area contributed by atoms with Gasteiger partial charge in [-0.15, -0.1) is 0 Å². The smallest absolute Gasteiger partial charge is 0.306 e. The van der Waals surface area contributed by atoms with Crippen LogP contribution in [-0.2, 0) is 28.6 Å². The minimum atomic E-state index is -0.764. The topological polar surface area (TPSA) is 78.9 Å². The van der Waals surface area contributed by atoms with Crippen molar-refractivity contribution in [2.75, 3.05) is 13.2 Å². The maximum atomic E-state index is 12.9. The lowest BCUT2D eigenvalue weighted by atomic mass is 9.99. The second kappa shape index (κ2) is 64.2. The van der Waals surface area contributed by atoms with Gasteiger partial charge in [-0.25, -0.2) is 0 Å². The summed E-state index contributed by atoms with van der Waals surface area (Å²) >= 11 is 0. The van der Waals surface area contributed by atoms with E-state index in [2.05, 4.69) is 27.7 Å². The van der Waals surface area contributed by atoms with Gasteiger partial charge in [-0.05, 0) is 25.2 Å². The summed E-state index contributed by atoms with van der Waals surface area (Å²) in [7, 11) is 0. The normalized spacial score (nSPS) is 12.3. The van der Waals surface area contributed by atoms with E-state index in [-0.39, 0.29) is 31.1 Å². The molecule has 76 heavy (non-hydrogen) atoms. The molecule has 452 valence electrons. The van der Waals surface area contributed by atoms with Gasteiger partial charge in [0.05, 0.1) is 0 Å². The zero-order chi connectivity index (χ0) is 55.1. The van der Waals surface area contributed by atoms with Crippen LogP contribution >= 0.6 is 0 Å². The fourth-order valence-electron chi connectivity index (χ4n) is 11.0. The quantitative estimate of drug-likeness (QED) is 0.0343. The Labute approximate surface area is 476 Å². The molecule has 0 spiro atoms. The lowest BCUT2D eigenvalue weighted by Crippen LogP contribution is -2.30. The lowest BCUT2D eigenvalue weighted by molar-refractivity contribution is -0.167. The molecule has 0 aliphatic heterocycles. The van der Waals surface area contributed by atoms with Crippen molar-refractivity contribution in [2.24, 2.45) is 5.92 Å². The third-order valence-electron chi connectivity index (χ3n) is 16.7. The van der Waals surface area contributed by atoms with Gasteiger partial charge in [0.1, 0.15) is 13.2 Å². The fourth-order valence-corrected chi connectivity index (χ4v) is 11.0. The Bertz CT molecular complexity index is 1160. The van der Waals surface area contributed by atoms with Gasteiger partial charge in [-0.3, -0.25) is 14.4 Å². The van der Waals surface area contributed by atoms with Crippen LogP contribution in [-0.4, -0.2) is 37.2 Å². The molecule has 0 aromatic heterocycles. The van der Waals surface area contributed by atoms with Crippen LogP contribution in [0.15, 0.2) is 0 Å². The number of rotatable bonds is 65. The summed E-state index contributed by atoms with van der Waals surface area (Å²) in [6.45, 7) is 9.15. The fraction of sp³-hybridized carbons (Fsp3) is 0.957. The zero-order valence-corrected chi connectivity index (χ0v) is 52.2. The van der Waals surface area contributed by atoms with Crippen LogP contribution < -0.4 is 0 Å². The number of hydrogen-bond acceptors (Lipinski definition) is 6. The number of ether oxygens (including phenoxy) is 3. The van der Waals surface area contributed by atoms with E-state index < -0.39 is 6.10 Å². The molecular weight excluding hydrogens is 937 g/mol. The Morgan fingerprint density at radius 1 is 0.263 bits per heavy atom. The van der Waals surface area contributed by atoms with E-state index in [1.54, 1.807) is 0 Å². The molecular formula is C70H136O6. The van der Waals surface area contributed by atoms with Crippen LogP contribution in [0.25, 0.3) is 0 Å². The van der Waals surface area contributed by atoms with Gasteiger partial charge in [-0.2, -0.15) is 0 Å². The highest BCUT2D eigenvalue weighted by Gasteiger charge is 2.20. The summed E-state index contributed by atoms with van der Waals surface area (Å²) in [5, 5.41) is 0. The van der Waals surface area contributed by atoms with Gasteiger partial charge in [0, 0.05) is 19.3 Å². The number of carbonyl (C=O) groups is 3. The lowest BCUT2D eigenvalue weighted by Gasteiger charge is -2.18. The molecule has 0 aliphatic carbocycles. The molecule has 0 amide bonds. The summed E-state index contributed by atoms with van der Waals surface area (Å²) in [5.41, 5.74) is 0. The largest absolute Gasteiger partial charge is 0.462 e. The molecule has 0 saturated heterocycles. The van der Waals surface area contributed by atoms with E-state index in [4.69, 9.17) is 14.2 Å². The van der Waals surface area contributed by atoms with E-state index in [1.165, 1.54) is 302 Å². The second-order valence-electron chi connectivity index (χ2n) is 24.4. The van der Waals surface area contributed by atoms with Crippen LogP contribution in [0.5, 0.6) is 0 Å². The molecule has 6 heteroatoms. The van der Waals surface area contributed by atoms with Gasteiger partial charge < -0.3 is 14.2 Å². The Morgan fingerprint density at radius 3 is 0.684 bits per heavy atom. The zero-order valence-electron chi connectivity index (χ0n) is 52.2. The van der Waals surface area contributed by atoms with E-state index in [0.717, 1.165) is 63.7 Å². The molecule has 0 aliphatic rings. The van der Waals surface area contributed by atoms with Crippen molar-refractivity contribution in [1.82, 2.24) is 0 Å². The predicted molar refractivity (Wildman–Crippen MR) is 330 cm³/mol. The van der Waals surface area contributed by atoms with E-state index >= 15 is 0 Å². The van der Waals surface area contributed by atoms with Gasteiger partial charge >= 0.3 is 17.9 Å². The van der Waals surface area contributed by atoms with Crippen LogP contribution in [0.2, 0.25) is 0 Å². The Balaban J connectivity index is 4.26. The van der Waals surface area contributed by atoms with Crippen molar-refractivity contribution in [1.29, 1.82) is 0 Å². The average Bonchev–Trinajstić information content (AvgIpc) is 3.42. The first-order valence-corrected chi connectivity index (χ1v) is 34.9.